The Morgan fingerprint density at radius 1 is 1.00 bits per heavy atom. The van der Waals surface area contributed by atoms with Crippen LogP contribution >= 0.6 is 47.5 Å². The van der Waals surface area contributed by atoms with E-state index in [4.69, 9.17) is 17.0 Å². The molecule has 1 saturated heterocycles. The Kier molecular flexibility index (Phi) is 20.1. The van der Waals surface area contributed by atoms with Crippen LogP contribution in [0.5, 0.6) is 0 Å². The van der Waals surface area contributed by atoms with Gasteiger partial charge in [0.05, 0.1) is 0 Å². The average molecular weight is 696 g/mol. The van der Waals surface area contributed by atoms with Gasteiger partial charge in [0.2, 0.25) is 0 Å². The van der Waals surface area contributed by atoms with Gasteiger partial charge in [0.15, 0.2) is 0 Å². The Hall–Kier alpha value is 1.52. The van der Waals surface area contributed by atoms with Crippen molar-refractivity contribution >= 4 is 78.3 Å². The Morgan fingerprint density at radius 2 is 1.56 bits per heavy atom. The zero-order valence-electron chi connectivity index (χ0n) is 24.6. The molecule has 0 aliphatic carbocycles. The number of hydrogen-bond donors (Lipinski definition) is 0. The van der Waals surface area contributed by atoms with Crippen molar-refractivity contribution in [3.63, 3.8) is 0 Å². The first-order valence-corrected chi connectivity index (χ1v) is 29.6. The number of ether oxygens (including phenoxy) is 1. The molecular formula is C29H56OS4SiSn. The fourth-order valence-corrected chi connectivity index (χ4v) is 28.2. The first kappa shape index (κ1) is 35.5. The van der Waals surface area contributed by atoms with E-state index in [1.165, 1.54) is 89.0 Å². The predicted molar refractivity (Wildman–Crippen MR) is 182 cm³/mol. The third-order valence-electron chi connectivity index (χ3n) is 7.28. The van der Waals surface area contributed by atoms with Crippen molar-refractivity contribution in [2.24, 2.45) is 5.92 Å². The van der Waals surface area contributed by atoms with Gasteiger partial charge in [-0.05, 0) is 0 Å². The van der Waals surface area contributed by atoms with E-state index in [-0.39, 0.29) is 0 Å². The van der Waals surface area contributed by atoms with Crippen molar-refractivity contribution in [3.8, 4) is 11.5 Å². The number of hydrogen-bond acceptors (Lipinski definition) is 5. The molecule has 0 aromatic heterocycles. The molecule has 0 amide bonds. The average Bonchev–Trinajstić information content (AvgIpc) is 2.87. The van der Waals surface area contributed by atoms with E-state index in [1.54, 1.807) is 11.8 Å². The first-order chi connectivity index (χ1) is 17.2. The molecule has 2 atom stereocenters. The number of thiocarbonyl (C=S) groups is 1. The van der Waals surface area contributed by atoms with Crippen molar-refractivity contribution in [1.82, 2.24) is 0 Å². The van der Waals surface area contributed by atoms with E-state index in [0.717, 1.165) is 15.4 Å². The van der Waals surface area contributed by atoms with Crippen LogP contribution in [0.1, 0.15) is 91.4 Å². The quantitative estimate of drug-likeness (QED) is 0.0849. The van der Waals surface area contributed by atoms with E-state index in [9.17, 15) is 0 Å². The SMILES string of the molecule is CCC[CH2][Sn]([CH2]CCC)([CH2]CCC)[CH](OC(=S)SC)C(CCC#C[Si](C)(C)C)CCC1SCCCS1. The van der Waals surface area contributed by atoms with Crippen LogP contribution in [0.15, 0.2) is 0 Å². The second-order valence-electron chi connectivity index (χ2n) is 11.6. The van der Waals surface area contributed by atoms with Gasteiger partial charge in [0.25, 0.3) is 0 Å². The summed E-state index contributed by atoms with van der Waals surface area (Å²) in [5, 5.41) is 0. The van der Waals surface area contributed by atoms with Crippen LogP contribution in [0, 0.1) is 17.4 Å². The molecule has 0 aromatic rings. The number of rotatable bonds is 17. The van der Waals surface area contributed by atoms with Crippen molar-refractivity contribution in [3.05, 3.63) is 0 Å². The monoisotopic (exact) mass is 696 g/mol. The van der Waals surface area contributed by atoms with Crippen molar-refractivity contribution in [1.29, 1.82) is 0 Å². The van der Waals surface area contributed by atoms with Crippen LogP contribution in [0.4, 0.5) is 0 Å². The summed E-state index contributed by atoms with van der Waals surface area (Å²) in [5.74, 6) is 6.93. The molecule has 210 valence electrons. The molecule has 0 aromatic carbocycles. The number of thioether (sulfide) groups is 3. The molecule has 0 bridgehead atoms. The molecule has 0 N–H and O–H groups in total. The normalized spacial score (nSPS) is 16.8. The van der Waals surface area contributed by atoms with Crippen LogP contribution < -0.4 is 0 Å². The van der Waals surface area contributed by atoms with Gasteiger partial charge in [-0.3, -0.25) is 0 Å². The Morgan fingerprint density at radius 3 is 2.03 bits per heavy atom. The van der Waals surface area contributed by atoms with E-state index in [1.807, 2.05) is 0 Å². The summed E-state index contributed by atoms with van der Waals surface area (Å²) in [5.41, 5.74) is 3.64. The fraction of sp³-hybridized carbons (Fsp3) is 0.897. The van der Waals surface area contributed by atoms with Gasteiger partial charge >= 0.3 is 251 Å². The van der Waals surface area contributed by atoms with Crippen molar-refractivity contribution in [2.45, 2.75) is 133 Å². The Bertz CT molecular complexity index is 630. The van der Waals surface area contributed by atoms with Crippen LogP contribution in [0.3, 0.4) is 0 Å². The maximum atomic E-state index is 6.99. The summed E-state index contributed by atoms with van der Waals surface area (Å²) in [7, 11) is -1.33. The summed E-state index contributed by atoms with van der Waals surface area (Å²) < 4.78 is 13.4. The molecule has 0 radical (unpaired) electrons. The molecule has 7 heteroatoms. The molecule has 2 unspecified atom stereocenters. The van der Waals surface area contributed by atoms with Gasteiger partial charge in [-0.2, -0.15) is 0 Å². The third-order valence-corrected chi connectivity index (χ3v) is 29.0. The standard InChI is InChI=1S/C17H29OS4Si.3C4H9.Sn/c1-20-17(19)18-14-15(8-5-6-13-23(2,3)4)9-10-16-21-11-7-12-22-16;3*1-3-4-2;/h14-16H,5,7-12H2,1-4H3;3*1,3-4H2,2H3;. The zero-order valence-corrected chi connectivity index (χ0v) is 31.7. The molecule has 1 aliphatic rings. The van der Waals surface area contributed by atoms with Gasteiger partial charge in [0, 0.05) is 0 Å². The van der Waals surface area contributed by atoms with Crippen LogP contribution in [-0.2, 0) is 4.74 Å². The zero-order chi connectivity index (χ0) is 26.9. The van der Waals surface area contributed by atoms with Gasteiger partial charge in [0.1, 0.15) is 0 Å². The molecular weight excluding hydrogens is 639 g/mol. The summed E-state index contributed by atoms with van der Waals surface area (Å²) in [6.45, 7) is 14.2. The first-order valence-electron chi connectivity index (χ1n) is 14.7. The van der Waals surface area contributed by atoms with E-state index < -0.39 is 26.5 Å². The molecule has 0 spiro atoms. The van der Waals surface area contributed by atoms with Crippen molar-refractivity contribution in [2.75, 3.05) is 17.8 Å². The van der Waals surface area contributed by atoms with Crippen LogP contribution in [-0.4, -0.2) is 57.3 Å². The minimum atomic E-state index is -2.67. The van der Waals surface area contributed by atoms with Gasteiger partial charge in [-0.25, -0.2) is 0 Å². The van der Waals surface area contributed by atoms with E-state index in [0.29, 0.717) is 10.0 Å². The molecule has 1 fully saturated rings. The van der Waals surface area contributed by atoms with Crippen molar-refractivity contribution < 1.29 is 4.74 Å². The summed E-state index contributed by atoms with van der Waals surface area (Å²) in [6.07, 6.45) is 16.4. The van der Waals surface area contributed by atoms with E-state index in [2.05, 4.69) is 81.7 Å². The number of unbranched alkanes of at least 4 members (excludes halogenated alkanes) is 3. The third kappa shape index (κ3) is 14.8. The van der Waals surface area contributed by atoms with Crippen LogP contribution in [0.25, 0.3) is 0 Å². The Labute approximate surface area is 249 Å². The molecule has 1 nitrogen and oxygen atoms in total. The van der Waals surface area contributed by atoms with Gasteiger partial charge in [-0.1, -0.05) is 0 Å². The fourth-order valence-electron chi connectivity index (χ4n) is 5.35. The van der Waals surface area contributed by atoms with E-state index >= 15 is 0 Å². The molecule has 0 saturated carbocycles. The predicted octanol–water partition coefficient (Wildman–Crippen LogP) is 10.7. The minimum absolute atomic E-state index is 0.427. The topological polar surface area (TPSA) is 9.23 Å². The summed E-state index contributed by atoms with van der Waals surface area (Å²) in [6, 6.07) is 0. The van der Waals surface area contributed by atoms with Crippen LogP contribution in [0.2, 0.25) is 33.0 Å². The second kappa shape index (κ2) is 20.4. The molecule has 1 aliphatic heterocycles. The molecule has 1 heterocycles. The summed E-state index contributed by atoms with van der Waals surface area (Å²) >= 11 is 9.18. The van der Waals surface area contributed by atoms with Gasteiger partial charge < -0.3 is 0 Å². The van der Waals surface area contributed by atoms with Gasteiger partial charge in [-0.15, -0.1) is 0 Å². The maximum absolute atomic E-state index is 6.99. The second-order valence-corrected chi connectivity index (χ2v) is 34.4. The summed E-state index contributed by atoms with van der Waals surface area (Å²) in [4.78, 5) is 0. The Balaban J connectivity index is 3.35. The molecule has 1 rings (SSSR count). The molecule has 36 heavy (non-hydrogen) atoms.